The number of carbonyl (C=O) groups is 2. The predicted molar refractivity (Wildman–Crippen MR) is 73.6 cm³/mol. The van der Waals surface area contributed by atoms with E-state index in [1.54, 1.807) is 30.9 Å². The van der Waals surface area contributed by atoms with Crippen LogP contribution in [0.2, 0.25) is 0 Å². The molecule has 2 aromatic heterocycles. The van der Waals surface area contributed by atoms with E-state index < -0.39 is 5.97 Å². The fourth-order valence-electron chi connectivity index (χ4n) is 1.61. The topological polar surface area (TPSA) is 92.4 Å². The van der Waals surface area contributed by atoms with Crippen LogP contribution in [0.25, 0.3) is 10.6 Å². The number of nitrogens with zero attached hydrogens (tertiary/aromatic N) is 1. The molecule has 0 spiro atoms. The first-order valence-corrected chi connectivity index (χ1v) is 6.95. The van der Waals surface area contributed by atoms with Gasteiger partial charge < -0.3 is 14.8 Å². The van der Waals surface area contributed by atoms with Crippen LogP contribution in [0.15, 0.2) is 28.4 Å². The van der Waals surface area contributed by atoms with Gasteiger partial charge in [-0.25, -0.2) is 4.98 Å². The monoisotopic (exact) mass is 294 g/mol. The van der Waals surface area contributed by atoms with E-state index in [2.05, 4.69) is 10.3 Å². The van der Waals surface area contributed by atoms with Crippen molar-refractivity contribution in [3.8, 4) is 10.6 Å². The van der Waals surface area contributed by atoms with Crippen LogP contribution in [0.5, 0.6) is 0 Å². The molecule has 7 heteroatoms. The molecule has 2 N–H and O–H groups in total. The van der Waals surface area contributed by atoms with Crippen molar-refractivity contribution in [1.82, 2.24) is 10.3 Å². The maximum absolute atomic E-state index is 11.9. The van der Waals surface area contributed by atoms with Gasteiger partial charge >= 0.3 is 5.97 Å². The summed E-state index contributed by atoms with van der Waals surface area (Å²) in [6, 6.07) is 1.56. The number of hydrogen-bond acceptors (Lipinski definition) is 5. The van der Waals surface area contributed by atoms with Crippen molar-refractivity contribution in [2.75, 3.05) is 0 Å². The van der Waals surface area contributed by atoms with Crippen LogP contribution in [0.4, 0.5) is 0 Å². The summed E-state index contributed by atoms with van der Waals surface area (Å²) in [6.07, 6.45) is 3.53. The van der Waals surface area contributed by atoms with Gasteiger partial charge in [0.05, 0.1) is 6.26 Å². The minimum absolute atomic E-state index is 0.0266. The number of aromatic nitrogens is 1. The van der Waals surface area contributed by atoms with Gasteiger partial charge in [0.25, 0.3) is 5.91 Å². The molecule has 0 saturated carbocycles. The van der Waals surface area contributed by atoms with Gasteiger partial charge in [-0.2, -0.15) is 0 Å². The molecule has 2 heterocycles. The first kappa shape index (κ1) is 14.3. The molecule has 1 unspecified atom stereocenters. The van der Waals surface area contributed by atoms with Crippen LogP contribution < -0.4 is 5.32 Å². The largest absolute Gasteiger partial charge is 0.481 e. The summed E-state index contributed by atoms with van der Waals surface area (Å²) in [5, 5.41) is 13.7. The maximum atomic E-state index is 11.9. The minimum Gasteiger partial charge on any atom is -0.481 e. The lowest BCUT2D eigenvalue weighted by Crippen LogP contribution is -2.33. The Morgan fingerprint density at radius 1 is 1.55 bits per heavy atom. The Morgan fingerprint density at radius 2 is 2.35 bits per heavy atom. The summed E-state index contributed by atoms with van der Waals surface area (Å²) >= 11 is 1.35. The molecular weight excluding hydrogens is 280 g/mol. The molecule has 20 heavy (non-hydrogen) atoms. The number of amides is 1. The SMILES string of the molecule is CC(CCC(=O)O)NC(=O)c1csc(-c2ccoc2)n1. The normalized spacial score (nSPS) is 12.1. The van der Waals surface area contributed by atoms with Gasteiger partial charge in [-0.1, -0.05) is 0 Å². The number of nitrogens with one attached hydrogen (secondary N) is 1. The summed E-state index contributed by atoms with van der Waals surface area (Å²) in [6.45, 7) is 1.77. The number of thiazole rings is 1. The number of carboxylic acid groups (broad SMARTS) is 1. The summed E-state index contributed by atoms with van der Waals surface area (Å²) in [5.41, 5.74) is 1.15. The maximum Gasteiger partial charge on any atom is 0.303 e. The first-order valence-electron chi connectivity index (χ1n) is 6.07. The Bertz CT molecular complexity index is 591. The third-order valence-electron chi connectivity index (χ3n) is 2.67. The molecule has 2 aromatic rings. The highest BCUT2D eigenvalue weighted by Crippen LogP contribution is 2.23. The molecule has 2 rings (SSSR count). The van der Waals surface area contributed by atoms with E-state index in [1.165, 1.54) is 11.3 Å². The third kappa shape index (κ3) is 3.67. The zero-order valence-corrected chi connectivity index (χ0v) is 11.6. The van der Waals surface area contributed by atoms with Crippen LogP contribution in [-0.4, -0.2) is 28.0 Å². The van der Waals surface area contributed by atoms with E-state index in [0.29, 0.717) is 17.1 Å². The van der Waals surface area contributed by atoms with E-state index >= 15 is 0 Å². The minimum atomic E-state index is -0.873. The van der Waals surface area contributed by atoms with Crippen molar-refractivity contribution in [1.29, 1.82) is 0 Å². The molecule has 0 aliphatic carbocycles. The zero-order valence-electron chi connectivity index (χ0n) is 10.8. The number of rotatable bonds is 6. The molecule has 0 aliphatic heterocycles. The molecule has 0 radical (unpaired) electrons. The highest BCUT2D eigenvalue weighted by molar-refractivity contribution is 7.13. The van der Waals surface area contributed by atoms with E-state index in [1.807, 2.05) is 0 Å². The van der Waals surface area contributed by atoms with Crippen molar-refractivity contribution >= 4 is 23.2 Å². The van der Waals surface area contributed by atoms with Crippen molar-refractivity contribution in [2.45, 2.75) is 25.8 Å². The second-order valence-corrected chi connectivity index (χ2v) is 5.21. The Kier molecular flexibility index (Phi) is 4.52. The molecule has 0 bridgehead atoms. The highest BCUT2D eigenvalue weighted by Gasteiger charge is 2.15. The number of carboxylic acids is 1. The second kappa shape index (κ2) is 6.33. The smallest absolute Gasteiger partial charge is 0.303 e. The Hall–Kier alpha value is -2.15. The summed E-state index contributed by atoms with van der Waals surface area (Å²) in [5.74, 6) is -1.17. The average Bonchev–Trinajstić information content (AvgIpc) is 3.06. The van der Waals surface area contributed by atoms with Gasteiger partial charge in [0.2, 0.25) is 0 Å². The third-order valence-corrected chi connectivity index (χ3v) is 3.57. The van der Waals surface area contributed by atoms with Crippen LogP contribution >= 0.6 is 11.3 Å². The van der Waals surface area contributed by atoms with E-state index in [4.69, 9.17) is 9.52 Å². The van der Waals surface area contributed by atoms with Gasteiger partial charge in [0, 0.05) is 23.4 Å². The van der Waals surface area contributed by atoms with Crippen LogP contribution in [-0.2, 0) is 4.79 Å². The molecule has 0 saturated heterocycles. The second-order valence-electron chi connectivity index (χ2n) is 4.36. The summed E-state index contributed by atoms with van der Waals surface area (Å²) in [7, 11) is 0. The molecule has 106 valence electrons. The van der Waals surface area contributed by atoms with E-state index in [-0.39, 0.29) is 18.4 Å². The molecular formula is C13H14N2O4S. The number of hydrogen-bond donors (Lipinski definition) is 2. The Labute approximate surface area is 119 Å². The fraction of sp³-hybridized carbons (Fsp3) is 0.308. The van der Waals surface area contributed by atoms with E-state index in [9.17, 15) is 9.59 Å². The average molecular weight is 294 g/mol. The molecule has 0 aromatic carbocycles. The molecule has 0 fully saturated rings. The molecule has 6 nitrogen and oxygen atoms in total. The van der Waals surface area contributed by atoms with Crippen molar-refractivity contribution in [3.05, 3.63) is 29.7 Å². The number of aliphatic carboxylic acids is 1. The van der Waals surface area contributed by atoms with Crippen molar-refractivity contribution in [3.63, 3.8) is 0 Å². The number of carbonyl (C=O) groups excluding carboxylic acids is 1. The summed E-state index contributed by atoms with van der Waals surface area (Å²) < 4.78 is 4.97. The lowest BCUT2D eigenvalue weighted by Gasteiger charge is -2.11. The standard InChI is InChI=1S/C13H14N2O4S/c1-8(2-3-11(16)17)14-12(18)10-7-20-13(15-10)9-4-5-19-6-9/h4-8H,2-3H2,1H3,(H,14,18)(H,16,17). The van der Waals surface area contributed by atoms with Gasteiger partial charge in [-0.15, -0.1) is 11.3 Å². The zero-order chi connectivity index (χ0) is 14.5. The number of furan rings is 1. The van der Waals surface area contributed by atoms with Crippen LogP contribution in [0, 0.1) is 0 Å². The molecule has 0 aliphatic rings. The first-order chi connectivity index (χ1) is 9.56. The highest BCUT2D eigenvalue weighted by atomic mass is 32.1. The molecule has 1 atom stereocenters. The fourth-order valence-corrected chi connectivity index (χ4v) is 2.39. The van der Waals surface area contributed by atoms with Gasteiger partial charge in [0.15, 0.2) is 0 Å². The van der Waals surface area contributed by atoms with Gasteiger partial charge in [0.1, 0.15) is 17.0 Å². The van der Waals surface area contributed by atoms with Gasteiger partial charge in [-0.05, 0) is 19.4 Å². The van der Waals surface area contributed by atoms with E-state index in [0.717, 1.165) is 5.56 Å². The lowest BCUT2D eigenvalue weighted by molar-refractivity contribution is -0.137. The molecule has 1 amide bonds. The van der Waals surface area contributed by atoms with Gasteiger partial charge in [-0.3, -0.25) is 9.59 Å². The van der Waals surface area contributed by atoms with Crippen molar-refractivity contribution in [2.24, 2.45) is 0 Å². The summed E-state index contributed by atoms with van der Waals surface area (Å²) in [4.78, 5) is 26.6. The predicted octanol–water partition coefficient (Wildman–Crippen LogP) is 2.39. The quantitative estimate of drug-likeness (QED) is 0.853. The Morgan fingerprint density at radius 3 is 3.00 bits per heavy atom. The Balaban J connectivity index is 1.94. The van der Waals surface area contributed by atoms with Crippen LogP contribution in [0.3, 0.4) is 0 Å². The van der Waals surface area contributed by atoms with Crippen molar-refractivity contribution < 1.29 is 19.1 Å². The lowest BCUT2D eigenvalue weighted by atomic mass is 10.2. The van der Waals surface area contributed by atoms with Crippen LogP contribution in [0.1, 0.15) is 30.3 Å².